The minimum absolute atomic E-state index is 0.0116. The van der Waals surface area contributed by atoms with Gasteiger partial charge in [-0.1, -0.05) is 49.3 Å². The molecule has 46 heavy (non-hydrogen) atoms. The topological polar surface area (TPSA) is 81.5 Å². The Morgan fingerprint density at radius 3 is 2.39 bits per heavy atom. The smallest absolute Gasteiger partial charge is 0.185 e. The average molecular weight is 692 g/mol. The summed E-state index contributed by atoms with van der Waals surface area (Å²) >= 11 is 7.85. The number of ketones is 1. The van der Waals surface area contributed by atoms with Gasteiger partial charge in [-0.25, -0.2) is 26.6 Å². The zero-order valence-corrected chi connectivity index (χ0v) is 27.9. The van der Waals surface area contributed by atoms with Crippen LogP contribution in [0.5, 0.6) is 5.75 Å². The molecule has 0 bridgehead atoms. The molecule has 3 aromatic carbocycles. The third kappa shape index (κ3) is 7.30. The monoisotopic (exact) mass is 691 g/mol. The van der Waals surface area contributed by atoms with Gasteiger partial charge in [0, 0.05) is 22.3 Å². The quantitative estimate of drug-likeness (QED) is 0.148. The summed E-state index contributed by atoms with van der Waals surface area (Å²) in [5.41, 5.74) is 1.39. The normalized spacial score (nSPS) is 14.2. The van der Waals surface area contributed by atoms with Gasteiger partial charge in [0.15, 0.2) is 44.0 Å². The summed E-state index contributed by atoms with van der Waals surface area (Å²) in [4.78, 5) is 19.0. The first-order valence-electron chi connectivity index (χ1n) is 14.6. The van der Waals surface area contributed by atoms with Crippen LogP contribution in [0.1, 0.15) is 43.5 Å². The number of benzene rings is 3. The summed E-state index contributed by atoms with van der Waals surface area (Å²) in [6.45, 7) is 5.38. The summed E-state index contributed by atoms with van der Waals surface area (Å²) in [5, 5.41) is 0.698. The SMILES string of the molecule is COc1cc(-n2c(C(C)(C)c3ccc(F)c(F)c3)cnc2SCc2ccc(S(=O)(=O)CC(=O)CN3CCCC3)cc2Cl)ccc1F. The molecule has 7 nitrogen and oxygen atoms in total. The van der Waals surface area contributed by atoms with E-state index in [1.54, 1.807) is 22.9 Å². The Morgan fingerprint density at radius 2 is 1.72 bits per heavy atom. The van der Waals surface area contributed by atoms with Crippen molar-refractivity contribution in [3.8, 4) is 11.4 Å². The van der Waals surface area contributed by atoms with Crippen molar-refractivity contribution in [2.24, 2.45) is 0 Å². The van der Waals surface area contributed by atoms with Crippen LogP contribution < -0.4 is 4.74 Å². The van der Waals surface area contributed by atoms with Gasteiger partial charge in [0.25, 0.3) is 0 Å². The van der Waals surface area contributed by atoms with Crippen molar-refractivity contribution < 1.29 is 31.1 Å². The van der Waals surface area contributed by atoms with Crippen LogP contribution in [-0.4, -0.2) is 61.1 Å². The third-order valence-electron chi connectivity index (χ3n) is 8.09. The van der Waals surface area contributed by atoms with Gasteiger partial charge in [0.05, 0.1) is 36.1 Å². The second-order valence-corrected chi connectivity index (χ2v) is 15.0. The largest absolute Gasteiger partial charge is 0.494 e. The minimum atomic E-state index is -3.88. The van der Waals surface area contributed by atoms with Gasteiger partial charge in [0.2, 0.25) is 0 Å². The number of nitrogens with zero attached hydrogens (tertiary/aromatic N) is 3. The minimum Gasteiger partial charge on any atom is -0.494 e. The molecule has 1 aliphatic heterocycles. The second-order valence-electron chi connectivity index (χ2n) is 11.7. The molecular weight excluding hydrogens is 659 g/mol. The number of hydrogen-bond donors (Lipinski definition) is 0. The third-order valence-corrected chi connectivity index (χ3v) is 11.1. The van der Waals surface area contributed by atoms with E-state index in [0.717, 1.165) is 38.1 Å². The van der Waals surface area contributed by atoms with Gasteiger partial charge >= 0.3 is 0 Å². The van der Waals surface area contributed by atoms with Crippen LogP contribution in [0.15, 0.2) is 70.8 Å². The Hall–Kier alpha value is -3.32. The van der Waals surface area contributed by atoms with Crippen LogP contribution in [0.2, 0.25) is 5.02 Å². The van der Waals surface area contributed by atoms with Crippen LogP contribution >= 0.6 is 23.4 Å². The van der Waals surface area contributed by atoms with Gasteiger partial charge in [-0.2, -0.15) is 0 Å². The van der Waals surface area contributed by atoms with Crippen molar-refractivity contribution in [1.29, 1.82) is 0 Å². The van der Waals surface area contributed by atoms with E-state index in [2.05, 4.69) is 4.98 Å². The maximum atomic E-state index is 14.4. The summed E-state index contributed by atoms with van der Waals surface area (Å²) in [6, 6.07) is 12.5. The molecule has 5 rings (SSSR count). The second kappa shape index (κ2) is 13.8. The predicted octanol–water partition coefficient (Wildman–Crippen LogP) is 7.01. The molecule has 1 aliphatic rings. The number of thioether (sulfide) groups is 1. The molecule has 4 aromatic rings. The van der Waals surface area contributed by atoms with E-state index in [9.17, 15) is 26.4 Å². The first-order valence-corrected chi connectivity index (χ1v) is 17.6. The number of rotatable bonds is 12. The first kappa shape index (κ1) is 34.0. The van der Waals surface area contributed by atoms with E-state index in [1.807, 2.05) is 18.7 Å². The number of likely N-dealkylation sites (tertiary alicyclic amines) is 1. The zero-order valence-electron chi connectivity index (χ0n) is 25.5. The van der Waals surface area contributed by atoms with Crippen LogP contribution in [-0.2, 0) is 25.8 Å². The maximum absolute atomic E-state index is 14.4. The molecule has 0 N–H and O–H groups in total. The maximum Gasteiger partial charge on any atom is 0.185 e. The standard InChI is InChI=1S/C33H33ClF3N3O4S2/c1-33(2,22-7-10-27(35)29(37)14-22)31-17-38-32(40(31)23-8-11-28(36)30(15-23)44-3)45-19-21-6-9-25(16-26(21)34)46(42,43)20-24(41)18-39-12-4-5-13-39/h6-11,14-17H,4-5,12-13,18-20H2,1-3H3. The molecule has 0 amide bonds. The van der Waals surface area contributed by atoms with E-state index in [0.29, 0.717) is 27.7 Å². The number of carbonyl (C=O) groups is 1. The highest BCUT2D eigenvalue weighted by atomic mass is 35.5. The lowest BCUT2D eigenvalue weighted by molar-refractivity contribution is -0.117. The van der Waals surface area contributed by atoms with Crippen LogP contribution in [0, 0.1) is 17.5 Å². The molecular formula is C33H33ClF3N3O4S2. The Balaban J connectivity index is 1.42. The number of hydrogen-bond acceptors (Lipinski definition) is 7. The Morgan fingerprint density at radius 1 is 1.00 bits per heavy atom. The molecule has 2 heterocycles. The van der Waals surface area contributed by atoms with E-state index >= 15 is 0 Å². The van der Waals surface area contributed by atoms with Crippen molar-refractivity contribution in [2.45, 2.75) is 47.9 Å². The fraction of sp³-hybridized carbons (Fsp3) is 0.333. The lowest BCUT2D eigenvalue weighted by Gasteiger charge is -2.27. The highest BCUT2D eigenvalue weighted by Gasteiger charge is 2.31. The molecule has 0 radical (unpaired) electrons. The molecule has 244 valence electrons. The van der Waals surface area contributed by atoms with E-state index in [4.69, 9.17) is 16.3 Å². The van der Waals surface area contributed by atoms with Gasteiger partial charge in [-0.05, 0) is 73.5 Å². The number of imidazole rings is 1. The molecule has 0 spiro atoms. The summed E-state index contributed by atoms with van der Waals surface area (Å²) < 4.78 is 75.4. The highest BCUT2D eigenvalue weighted by Crippen LogP contribution is 2.38. The Labute approximate surface area is 275 Å². The molecule has 0 aliphatic carbocycles. The van der Waals surface area contributed by atoms with Crippen molar-refractivity contribution in [3.05, 3.63) is 100 Å². The van der Waals surface area contributed by atoms with Gasteiger partial charge in [-0.15, -0.1) is 0 Å². The number of carbonyl (C=O) groups excluding carboxylic acids is 1. The molecule has 1 fully saturated rings. The van der Waals surface area contributed by atoms with Crippen molar-refractivity contribution in [3.63, 3.8) is 0 Å². The fourth-order valence-corrected chi connectivity index (χ4v) is 8.10. The first-order chi connectivity index (χ1) is 21.8. The van der Waals surface area contributed by atoms with Gasteiger partial charge < -0.3 is 4.74 Å². The Bertz CT molecular complexity index is 1880. The predicted molar refractivity (Wildman–Crippen MR) is 172 cm³/mol. The van der Waals surface area contributed by atoms with Crippen molar-refractivity contribution in [2.75, 3.05) is 32.5 Å². The van der Waals surface area contributed by atoms with Crippen molar-refractivity contribution in [1.82, 2.24) is 14.5 Å². The van der Waals surface area contributed by atoms with E-state index in [1.165, 1.54) is 49.2 Å². The van der Waals surface area contributed by atoms with Gasteiger partial charge in [-0.3, -0.25) is 14.3 Å². The van der Waals surface area contributed by atoms with E-state index in [-0.39, 0.29) is 33.7 Å². The number of Topliss-reactive ketones (excluding diaryl/α,β-unsaturated/α-hetero) is 1. The van der Waals surface area contributed by atoms with Crippen molar-refractivity contribution >= 4 is 39.0 Å². The molecule has 0 saturated carbocycles. The molecule has 1 saturated heterocycles. The summed E-state index contributed by atoms with van der Waals surface area (Å²) in [7, 11) is -2.53. The number of aromatic nitrogens is 2. The van der Waals surface area contributed by atoms with Crippen LogP contribution in [0.4, 0.5) is 13.2 Å². The van der Waals surface area contributed by atoms with Gasteiger partial charge in [0.1, 0.15) is 5.75 Å². The number of sulfone groups is 1. The summed E-state index contributed by atoms with van der Waals surface area (Å²) in [5.74, 6) is -3.15. The zero-order chi connectivity index (χ0) is 33.2. The molecule has 1 aromatic heterocycles. The number of ether oxygens (including phenoxy) is 1. The number of methoxy groups -OCH3 is 1. The lowest BCUT2D eigenvalue weighted by Crippen LogP contribution is -2.30. The average Bonchev–Trinajstić information content (AvgIpc) is 3.68. The molecule has 0 unspecified atom stereocenters. The van der Waals surface area contributed by atoms with E-state index < -0.39 is 38.5 Å². The Kier molecular flexibility index (Phi) is 10.2. The summed E-state index contributed by atoms with van der Waals surface area (Å²) in [6.07, 6.45) is 3.62. The lowest BCUT2D eigenvalue weighted by atomic mass is 9.81. The molecule has 13 heteroatoms. The highest BCUT2D eigenvalue weighted by molar-refractivity contribution is 7.98. The number of halogens is 4. The van der Waals surface area contributed by atoms with Crippen LogP contribution in [0.25, 0.3) is 5.69 Å². The van der Waals surface area contributed by atoms with Crippen LogP contribution in [0.3, 0.4) is 0 Å². The molecule has 0 atom stereocenters. The fourth-order valence-electron chi connectivity index (χ4n) is 5.46.